The minimum atomic E-state index is -0.378. The summed E-state index contributed by atoms with van der Waals surface area (Å²) in [6.07, 6.45) is 3.56. The van der Waals surface area contributed by atoms with Gasteiger partial charge >= 0.3 is 0 Å². The molecule has 0 bridgehead atoms. The summed E-state index contributed by atoms with van der Waals surface area (Å²) in [7, 11) is 1.57. The van der Waals surface area contributed by atoms with E-state index < -0.39 is 0 Å². The number of anilines is 1. The Labute approximate surface area is 179 Å². The summed E-state index contributed by atoms with van der Waals surface area (Å²) < 4.78 is 14.9. The molecule has 0 radical (unpaired) electrons. The van der Waals surface area contributed by atoms with Crippen molar-refractivity contribution in [3.8, 4) is 5.69 Å². The Morgan fingerprint density at radius 3 is 2.47 bits per heavy atom. The highest BCUT2D eigenvalue weighted by Gasteiger charge is 2.15. The van der Waals surface area contributed by atoms with Gasteiger partial charge < -0.3 is 10.2 Å². The van der Waals surface area contributed by atoms with Crippen molar-refractivity contribution in [2.45, 2.75) is 19.0 Å². The van der Waals surface area contributed by atoms with Crippen LogP contribution in [0.15, 0.2) is 60.0 Å². The average molecular weight is 427 g/mol. The lowest BCUT2D eigenvalue weighted by Crippen LogP contribution is -2.36. The standard InChI is InChI=1S/C22H23FN4O2S/c1-15-10-16(2)12-19(11-15)27-9-8-24-22(27)30-14-21(29)26(3)13-20(28)25-18-6-4-17(23)5-7-18/h4-12H,13-14H2,1-3H3,(H,25,28). The molecule has 0 aliphatic carbocycles. The third kappa shape index (κ3) is 5.70. The molecular formula is C22H23FN4O2S. The number of hydrogen-bond donors (Lipinski definition) is 1. The minimum absolute atomic E-state index is 0.0950. The van der Waals surface area contributed by atoms with Crippen LogP contribution >= 0.6 is 11.8 Å². The average Bonchev–Trinajstić information content (AvgIpc) is 3.15. The van der Waals surface area contributed by atoms with Crippen molar-refractivity contribution in [3.63, 3.8) is 0 Å². The molecule has 8 heteroatoms. The number of halogens is 1. The highest BCUT2D eigenvalue weighted by Crippen LogP contribution is 2.22. The van der Waals surface area contributed by atoms with Crippen LogP contribution in [0.4, 0.5) is 10.1 Å². The fourth-order valence-corrected chi connectivity index (χ4v) is 3.87. The first kappa shape index (κ1) is 21.6. The van der Waals surface area contributed by atoms with Crippen molar-refractivity contribution in [3.05, 3.63) is 71.8 Å². The van der Waals surface area contributed by atoms with Crippen LogP contribution in [-0.2, 0) is 9.59 Å². The Hall–Kier alpha value is -3.13. The number of hydrogen-bond acceptors (Lipinski definition) is 4. The van der Waals surface area contributed by atoms with Gasteiger partial charge in [0.2, 0.25) is 11.8 Å². The van der Waals surface area contributed by atoms with E-state index in [1.165, 1.54) is 40.9 Å². The van der Waals surface area contributed by atoms with Crippen molar-refractivity contribution in [1.29, 1.82) is 0 Å². The first-order valence-electron chi connectivity index (χ1n) is 9.36. The van der Waals surface area contributed by atoms with Gasteiger partial charge in [-0.15, -0.1) is 0 Å². The predicted molar refractivity (Wildman–Crippen MR) is 116 cm³/mol. The summed E-state index contributed by atoms with van der Waals surface area (Å²) >= 11 is 1.32. The van der Waals surface area contributed by atoms with Gasteiger partial charge in [0.25, 0.3) is 0 Å². The third-order valence-electron chi connectivity index (χ3n) is 4.35. The monoisotopic (exact) mass is 426 g/mol. The Kier molecular flexibility index (Phi) is 6.89. The minimum Gasteiger partial charge on any atom is -0.336 e. The summed E-state index contributed by atoms with van der Waals surface area (Å²) in [6, 6.07) is 11.7. The number of rotatable bonds is 7. The number of carbonyl (C=O) groups excluding carboxylic acids is 2. The van der Waals surface area contributed by atoms with Crippen LogP contribution in [0.2, 0.25) is 0 Å². The number of amides is 2. The number of likely N-dealkylation sites (N-methyl/N-ethyl adjacent to an activating group) is 1. The molecule has 1 aromatic heterocycles. The van der Waals surface area contributed by atoms with E-state index in [4.69, 9.17) is 0 Å². The van der Waals surface area contributed by atoms with Gasteiger partial charge in [0.05, 0.1) is 12.3 Å². The van der Waals surface area contributed by atoms with E-state index in [2.05, 4.69) is 28.5 Å². The van der Waals surface area contributed by atoms with Crippen molar-refractivity contribution >= 4 is 29.3 Å². The van der Waals surface area contributed by atoms with Gasteiger partial charge in [-0.05, 0) is 61.4 Å². The van der Waals surface area contributed by atoms with Crippen LogP contribution in [0.1, 0.15) is 11.1 Å². The van der Waals surface area contributed by atoms with Crippen LogP contribution in [-0.4, -0.2) is 45.6 Å². The van der Waals surface area contributed by atoms with Gasteiger partial charge in [0, 0.05) is 30.8 Å². The lowest BCUT2D eigenvalue weighted by molar-refractivity contribution is -0.131. The second-order valence-electron chi connectivity index (χ2n) is 7.02. The molecule has 0 aliphatic rings. The van der Waals surface area contributed by atoms with Crippen LogP contribution in [0, 0.1) is 19.7 Å². The molecule has 2 amide bonds. The zero-order valence-corrected chi connectivity index (χ0v) is 17.9. The summed E-state index contributed by atoms with van der Waals surface area (Å²) in [4.78, 5) is 30.3. The van der Waals surface area contributed by atoms with Crippen LogP contribution in [0.5, 0.6) is 0 Å². The first-order valence-corrected chi connectivity index (χ1v) is 10.3. The largest absolute Gasteiger partial charge is 0.336 e. The fourth-order valence-electron chi connectivity index (χ4n) is 2.96. The number of nitrogens with one attached hydrogen (secondary N) is 1. The zero-order valence-electron chi connectivity index (χ0n) is 17.1. The molecule has 0 spiro atoms. The van der Waals surface area contributed by atoms with Crippen molar-refractivity contribution in [1.82, 2.24) is 14.5 Å². The number of thioether (sulfide) groups is 1. The molecule has 30 heavy (non-hydrogen) atoms. The van der Waals surface area contributed by atoms with Gasteiger partial charge in [0.15, 0.2) is 5.16 Å². The maximum Gasteiger partial charge on any atom is 0.243 e. The molecule has 2 aromatic carbocycles. The molecule has 3 aromatic rings. The van der Waals surface area contributed by atoms with E-state index in [1.54, 1.807) is 13.2 Å². The van der Waals surface area contributed by atoms with Gasteiger partial charge in [-0.1, -0.05) is 17.8 Å². The number of carbonyl (C=O) groups is 2. The fraction of sp³-hybridized carbons (Fsp3) is 0.227. The Balaban J connectivity index is 1.56. The van der Waals surface area contributed by atoms with Crippen LogP contribution in [0.3, 0.4) is 0 Å². The normalized spacial score (nSPS) is 10.7. The van der Waals surface area contributed by atoms with E-state index in [0.717, 1.165) is 16.8 Å². The Morgan fingerprint density at radius 1 is 1.13 bits per heavy atom. The van der Waals surface area contributed by atoms with Gasteiger partial charge in [-0.2, -0.15) is 0 Å². The van der Waals surface area contributed by atoms with E-state index in [0.29, 0.717) is 10.8 Å². The van der Waals surface area contributed by atoms with Gasteiger partial charge in [-0.25, -0.2) is 9.37 Å². The molecular weight excluding hydrogens is 403 g/mol. The number of aryl methyl sites for hydroxylation is 2. The first-order chi connectivity index (χ1) is 14.3. The predicted octanol–water partition coefficient (Wildman–Crippen LogP) is 3.82. The van der Waals surface area contributed by atoms with Crippen molar-refractivity contribution < 1.29 is 14.0 Å². The second kappa shape index (κ2) is 9.58. The van der Waals surface area contributed by atoms with E-state index in [9.17, 15) is 14.0 Å². The summed E-state index contributed by atoms with van der Waals surface area (Å²) in [5.41, 5.74) is 3.77. The molecule has 0 saturated carbocycles. The molecule has 1 heterocycles. The molecule has 0 atom stereocenters. The van der Waals surface area contributed by atoms with Gasteiger partial charge in [0.1, 0.15) is 5.82 Å². The van der Waals surface area contributed by atoms with Crippen molar-refractivity contribution in [2.75, 3.05) is 24.7 Å². The molecule has 0 aliphatic heterocycles. The van der Waals surface area contributed by atoms with E-state index in [1.807, 2.05) is 24.6 Å². The summed E-state index contributed by atoms with van der Waals surface area (Å²) in [6.45, 7) is 3.98. The summed E-state index contributed by atoms with van der Waals surface area (Å²) in [5.74, 6) is -0.762. The lowest BCUT2D eigenvalue weighted by atomic mass is 10.1. The quantitative estimate of drug-likeness (QED) is 0.584. The van der Waals surface area contributed by atoms with Crippen molar-refractivity contribution in [2.24, 2.45) is 0 Å². The molecule has 3 rings (SSSR count). The number of aromatic nitrogens is 2. The maximum atomic E-state index is 12.9. The van der Waals surface area contributed by atoms with Crippen LogP contribution in [0.25, 0.3) is 5.69 Å². The highest BCUT2D eigenvalue weighted by molar-refractivity contribution is 7.99. The zero-order chi connectivity index (χ0) is 21.7. The summed E-state index contributed by atoms with van der Waals surface area (Å²) in [5, 5.41) is 3.35. The number of benzene rings is 2. The Morgan fingerprint density at radius 2 is 1.80 bits per heavy atom. The van der Waals surface area contributed by atoms with Gasteiger partial charge in [-0.3, -0.25) is 14.2 Å². The topological polar surface area (TPSA) is 67.2 Å². The molecule has 156 valence electrons. The molecule has 0 saturated heterocycles. The lowest BCUT2D eigenvalue weighted by Gasteiger charge is -2.17. The number of imidazole rings is 1. The second-order valence-corrected chi connectivity index (χ2v) is 7.96. The van der Waals surface area contributed by atoms with E-state index in [-0.39, 0.29) is 29.9 Å². The highest BCUT2D eigenvalue weighted by atomic mass is 32.2. The molecule has 6 nitrogen and oxygen atoms in total. The molecule has 1 N–H and O–H groups in total. The van der Waals surface area contributed by atoms with Crippen LogP contribution < -0.4 is 5.32 Å². The third-order valence-corrected chi connectivity index (χ3v) is 5.30. The molecule has 0 fully saturated rings. The Bertz CT molecular complexity index is 1030. The smallest absolute Gasteiger partial charge is 0.243 e. The SMILES string of the molecule is Cc1cc(C)cc(-n2ccnc2SCC(=O)N(C)CC(=O)Nc2ccc(F)cc2)c1. The maximum absolute atomic E-state index is 12.9. The van der Waals surface area contributed by atoms with E-state index >= 15 is 0 Å². The molecule has 0 unspecified atom stereocenters. The number of nitrogens with zero attached hydrogens (tertiary/aromatic N) is 3.